The van der Waals surface area contributed by atoms with Crippen molar-refractivity contribution in [1.82, 2.24) is 9.47 Å². The van der Waals surface area contributed by atoms with E-state index in [4.69, 9.17) is 0 Å². The molecule has 1 N–H and O–H groups in total. The first kappa shape index (κ1) is 16.5. The van der Waals surface area contributed by atoms with Crippen LogP contribution in [0.5, 0.6) is 0 Å². The van der Waals surface area contributed by atoms with Crippen LogP contribution in [0.15, 0.2) is 72.9 Å². The van der Waals surface area contributed by atoms with E-state index in [0.29, 0.717) is 6.54 Å². The maximum atomic E-state index is 13.0. The Labute approximate surface area is 154 Å². The van der Waals surface area contributed by atoms with Crippen LogP contribution in [0.1, 0.15) is 22.9 Å². The van der Waals surface area contributed by atoms with Crippen LogP contribution in [0, 0.1) is 6.92 Å². The number of nitrogens with one attached hydrogen (secondary N) is 1. The highest BCUT2D eigenvalue weighted by Gasteiger charge is 2.31. The van der Waals surface area contributed by atoms with Gasteiger partial charge in [0.1, 0.15) is 0 Å². The molecule has 0 radical (unpaired) electrons. The molecule has 0 fully saturated rings. The molecule has 0 saturated heterocycles. The Kier molecular flexibility index (Phi) is 4.48. The standard InChI is InChI=1S/C22H23N3O/c1-17-9-11-19(12-10-17)23-22(26)25-15-14-24-13-5-8-20(24)21(25)16-18-6-3-2-4-7-18/h2-13,21H,14-16H2,1H3,(H,23,26). The van der Waals surface area contributed by atoms with Crippen molar-refractivity contribution < 1.29 is 4.79 Å². The Hall–Kier alpha value is -3.01. The number of urea groups is 1. The van der Waals surface area contributed by atoms with Crippen LogP contribution in [-0.2, 0) is 13.0 Å². The molecule has 2 amide bonds. The molecule has 0 aliphatic carbocycles. The van der Waals surface area contributed by atoms with Crippen LogP contribution >= 0.6 is 0 Å². The van der Waals surface area contributed by atoms with Gasteiger partial charge in [-0.05, 0) is 43.2 Å². The Bertz CT molecular complexity index is 883. The predicted octanol–water partition coefficient (Wildman–Crippen LogP) is 4.63. The number of anilines is 1. The highest BCUT2D eigenvalue weighted by Crippen LogP contribution is 2.30. The van der Waals surface area contributed by atoms with E-state index in [1.807, 2.05) is 54.3 Å². The number of aromatic nitrogens is 1. The summed E-state index contributed by atoms with van der Waals surface area (Å²) < 4.78 is 2.25. The highest BCUT2D eigenvalue weighted by molar-refractivity contribution is 5.89. The normalized spacial score (nSPS) is 16.2. The average Bonchev–Trinajstić information content (AvgIpc) is 3.14. The molecule has 1 aliphatic rings. The van der Waals surface area contributed by atoms with Crippen LogP contribution < -0.4 is 5.32 Å². The summed E-state index contributed by atoms with van der Waals surface area (Å²) in [6, 6.07) is 22.5. The Morgan fingerprint density at radius 2 is 1.77 bits per heavy atom. The summed E-state index contributed by atoms with van der Waals surface area (Å²) in [6.45, 7) is 3.58. The maximum absolute atomic E-state index is 13.0. The summed E-state index contributed by atoms with van der Waals surface area (Å²) in [6.07, 6.45) is 2.91. The van der Waals surface area contributed by atoms with E-state index in [9.17, 15) is 4.79 Å². The first-order chi connectivity index (χ1) is 12.7. The fourth-order valence-electron chi connectivity index (χ4n) is 3.59. The van der Waals surface area contributed by atoms with Gasteiger partial charge >= 0.3 is 6.03 Å². The van der Waals surface area contributed by atoms with Gasteiger partial charge in [-0.25, -0.2) is 4.79 Å². The lowest BCUT2D eigenvalue weighted by atomic mass is 10.0. The van der Waals surface area contributed by atoms with Crippen molar-refractivity contribution in [3.05, 3.63) is 89.7 Å². The zero-order valence-electron chi connectivity index (χ0n) is 14.9. The summed E-state index contributed by atoms with van der Waals surface area (Å²) in [5, 5.41) is 3.06. The Morgan fingerprint density at radius 1 is 1.00 bits per heavy atom. The van der Waals surface area contributed by atoms with E-state index in [-0.39, 0.29) is 12.1 Å². The van der Waals surface area contributed by atoms with Crippen LogP contribution in [0.25, 0.3) is 0 Å². The van der Waals surface area contributed by atoms with E-state index in [0.717, 1.165) is 18.7 Å². The first-order valence-corrected chi connectivity index (χ1v) is 9.04. The van der Waals surface area contributed by atoms with Crippen LogP contribution in [-0.4, -0.2) is 22.0 Å². The van der Waals surface area contributed by atoms with E-state index in [2.05, 4.69) is 40.3 Å². The van der Waals surface area contributed by atoms with Crippen molar-refractivity contribution in [2.24, 2.45) is 0 Å². The highest BCUT2D eigenvalue weighted by atomic mass is 16.2. The summed E-state index contributed by atoms with van der Waals surface area (Å²) in [7, 11) is 0. The summed E-state index contributed by atoms with van der Waals surface area (Å²) in [4.78, 5) is 15.0. The molecule has 1 aliphatic heterocycles. The fourth-order valence-corrected chi connectivity index (χ4v) is 3.59. The Balaban J connectivity index is 1.58. The fraction of sp³-hybridized carbons (Fsp3) is 0.227. The molecule has 1 unspecified atom stereocenters. The lowest BCUT2D eigenvalue weighted by molar-refractivity contribution is 0.167. The molecule has 4 rings (SSSR count). The van der Waals surface area contributed by atoms with Crippen LogP contribution in [0.2, 0.25) is 0 Å². The van der Waals surface area contributed by atoms with E-state index in [1.54, 1.807) is 0 Å². The average molecular weight is 345 g/mol. The third kappa shape index (κ3) is 3.36. The molecule has 4 nitrogen and oxygen atoms in total. The van der Waals surface area contributed by atoms with Crippen molar-refractivity contribution in [2.45, 2.75) is 25.9 Å². The summed E-state index contributed by atoms with van der Waals surface area (Å²) >= 11 is 0. The van der Waals surface area contributed by atoms with E-state index < -0.39 is 0 Å². The molecule has 2 aromatic carbocycles. The molecule has 1 aromatic heterocycles. The molecule has 0 spiro atoms. The molecular formula is C22H23N3O. The first-order valence-electron chi connectivity index (χ1n) is 9.04. The predicted molar refractivity (Wildman–Crippen MR) is 104 cm³/mol. The number of carbonyl (C=O) groups is 1. The van der Waals surface area contributed by atoms with Gasteiger partial charge in [-0.2, -0.15) is 0 Å². The van der Waals surface area contributed by atoms with Gasteiger partial charge in [-0.3, -0.25) is 0 Å². The zero-order valence-corrected chi connectivity index (χ0v) is 14.9. The second-order valence-corrected chi connectivity index (χ2v) is 6.82. The third-order valence-corrected chi connectivity index (χ3v) is 5.00. The van der Waals surface area contributed by atoms with Gasteiger partial charge in [-0.15, -0.1) is 0 Å². The van der Waals surface area contributed by atoms with Gasteiger partial charge in [0.05, 0.1) is 6.04 Å². The molecule has 0 bridgehead atoms. The lowest BCUT2D eigenvalue weighted by Gasteiger charge is -2.37. The minimum Gasteiger partial charge on any atom is -0.348 e. The van der Waals surface area contributed by atoms with Crippen LogP contribution in [0.3, 0.4) is 0 Å². The van der Waals surface area contributed by atoms with Crippen molar-refractivity contribution in [3.63, 3.8) is 0 Å². The summed E-state index contributed by atoms with van der Waals surface area (Å²) in [5.74, 6) is 0. The molecule has 1 atom stereocenters. The van der Waals surface area contributed by atoms with Crippen molar-refractivity contribution >= 4 is 11.7 Å². The monoisotopic (exact) mass is 345 g/mol. The van der Waals surface area contributed by atoms with Gasteiger partial charge in [0.2, 0.25) is 0 Å². The minimum atomic E-state index is -0.0396. The number of fused-ring (bicyclic) bond motifs is 1. The van der Waals surface area contributed by atoms with Gasteiger partial charge in [0, 0.05) is 30.7 Å². The smallest absolute Gasteiger partial charge is 0.322 e. The lowest BCUT2D eigenvalue weighted by Crippen LogP contribution is -2.44. The van der Waals surface area contributed by atoms with Crippen LogP contribution in [0.4, 0.5) is 10.5 Å². The molecule has 26 heavy (non-hydrogen) atoms. The molecule has 4 heteroatoms. The van der Waals surface area contributed by atoms with Gasteiger partial charge in [0.25, 0.3) is 0 Å². The zero-order chi connectivity index (χ0) is 17.9. The SMILES string of the molecule is Cc1ccc(NC(=O)N2CCn3cccc3C2Cc2ccccc2)cc1. The van der Waals surface area contributed by atoms with Crippen molar-refractivity contribution in [2.75, 3.05) is 11.9 Å². The van der Waals surface area contributed by atoms with Gasteiger partial charge < -0.3 is 14.8 Å². The number of carbonyl (C=O) groups excluding carboxylic acids is 1. The quantitative estimate of drug-likeness (QED) is 0.738. The van der Waals surface area contributed by atoms with Gasteiger partial charge in [0.15, 0.2) is 0 Å². The van der Waals surface area contributed by atoms with Gasteiger partial charge in [-0.1, -0.05) is 48.0 Å². The number of hydrogen-bond donors (Lipinski definition) is 1. The molecular weight excluding hydrogens is 322 g/mol. The second kappa shape index (κ2) is 7.08. The molecule has 132 valence electrons. The number of amides is 2. The maximum Gasteiger partial charge on any atom is 0.322 e. The van der Waals surface area contributed by atoms with Crippen molar-refractivity contribution in [1.29, 1.82) is 0 Å². The minimum absolute atomic E-state index is 0.0339. The largest absolute Gasteiger partial charge is 0.348 e. The number of rotatable bonds is 3. The number of hydrogen-bond acceptors (Lipinski definition) is 1. The van der Waals surface area contributed by atoms with E-state index >= 15 is 0 Å². The molecule has 0 saturated carbocycles. The van der Waals surface area contributed by atoms with Crippen molar-refractivity contribution in [3.8, 4) is 0 Å². The number of benzene rings is 2. The number of aryl methyl sites for hydroxylation is 1. The van der Waals surface area contributed by atoms with E-state index in [1.165, 1.54) is 16.8 Å². The summed E-state index contributed by atoms with van der Waals surface area (Å²) in [5.41, 5.74) is 4.44. The Morgan fingerprint density at radius 3 is 2.54 bits per heavy atom. The topological polar surface area (TPSA) is 37.3 Å². The third-order valence-electron chi connectivity index (χ3n) is 5.00. The number of nitrogens with zero attached hydrogens (tertiary/aromatic N) is 2. The molecule has 3 aromatic rings. The second-order valence-electron chi connectivity index (χ2n) is 6.82. The molecule has 2 heterocycles.